The molecule has 0 aliphatic heterocycles. The Morgan fingerprint density at radius 1 is 0.842 bits per heavy atom. The Labute approximate surface area is 120 Å². The molecule has 0 fully saturated rings. The fourth-order valence-electron chi connectivity index (χ4n) is 2.42. The van der Waals surface area contributed by atoms with Gasteiger partial charge in [0.1, 0.15) is 6.54 Å². The number of hydrogen-bond acceptors (Lipinski definition) is 2. The lowest BCUT2D eigenvalue weighted by molar-refractivity contribution is -0.898. The zero-order valence-electron chi connectivity index (χ0n) is 13.6. The Kier molecular flexibility index (Phi) is 10.9. The van der Waals surface area contributed by atoms with E-state index in [4.69, 9.17) is 0 Å². The SMILES string of the molecule is CCCCCCCCCCCC[N+](C)(C)/N=C(\C)[O-]. The summed E-state index contributed by atoms with van der Waals surface area (Å²) in [5, 5.41) is 15.0. The van der Waals surface area contributed by atoms with Crippen molar-refractivity contribution in [2.24, 2.45) is 5.10 Å². The number of unbranched alkanes of at least 4 members (excludes halogenated alkanes) is 9. The average molecular weight is 270 g/mol. The zero-order valence-corrected chi connectivity index (χ0v) is 13.6. The van der Waals surface area contributed by atoms with Gasteiger partial charge in [-0.3, -0.25) is 0 Å². The monoisotopic (exact) mass is 270 g/mol. The van der Waals surface area contributed by atoms with Gasteiger partial charge in [-0.15, -0.1) is 5.10 Å². The molecule has 0 rings (SSSR count). The van der Waals surface area contributed by atoms with Gasteiger partial charge in [-0.25, -0.2) is 4.59 Å². The van der Waals surface area contributed by atoms with Gasteiger partial charge in [0.2, 0.25) is 0 Å². The van der Waals surface area contributed by atoms with Crippen LogP contribution >= 0.6 is 0 Å². The molecule has 19 heavy (non-hydrogen) atoms. The largest absolute Gasteiger partial charge is 0.858 e. The number of nitrogens with zero attached hydrogens (tertiary/aromatic N) is 2. The van der Waals surface area contributed by atoms with Crippen LogP contribution in [0.5, 0.6) is 0 Å². The predicted octanol–water partition coefficient (Wildman–Crippen LogP) is 3.68. The third-order valence-corrected chi connectivity index (χ3v) is 3.47. The van der Waals surface area contributed by atoms with E-state index in [-0.39, 0.29) is 5.90 Å². The highest BCUT2D eigenvalue weighted by Gasteiger charge is 2.11. The molecule has 0 radical (unpaired) electrons. The fourth-order valence-corrected chi connectivity index (χ4v) is 2.42. The summed E-state index contributed by atoms with van der Waals surface area (Å²) >= 11 is 0. The minimum Gasteiger partial charge on any atom is -0.858 e. The molecule has 0 amide bonds. The molecular formula is C16H34N2O. The quantitative estimate of drug-likeness (QED) is 0.175. The second kappa shape index (κ2) is 11.3. The van der Waals surface area contributed by atoms with Gasteiger partial charge in [-0.2, -0.15) is 0 Å². The van der Waals surface area contributed by atoms with Crippen molar-refractivity contribution >= 4 is 5.90 Å². The molecule has 0 N–H and O–H groups in total. The van der Waals surface area contributed by atoms with Gasteiger partial charge in [0.15, 0.2) is 0 Å². The van der Waals surface area contributed by atoms with E-state index >= 15 is 0 Å². The van der Waals surface area contributed by atoms with Crippen molar-refractivity contribution in [1.29, 1.82) is 0 Å². The molecule has 3 nitrogen and oxygen atoms in total. The van der Waals surface area contributed by atoms with Crippen molar-refractivity contribution in [3.8, 4) is 0 Å². The van der Waals surface area contributed by atoms with Crippen molar-refractivity contribution in [2.45, 2.75) is 78.1 Å². The van der Waals surface area contributed by atoms with Crippen LogP contribution in [-0.2, 0) is 0 Å². The maximum Gasteiger partial charge on any atom is 0.103 e. The number of quaternary nitrogens is 1. The molecule has 0 atom stereocenters. The van der Waals surface area contributed by atoms with Crippen LogP contribution in [0, 0.1) is 0 Å². The lowest BCUT2D eigenvalue weighted by atomic mass is 10.1. The maximum atomic E-state index is 11.0. The molecule has 0 saturated heterocycles. The van der Waals surface area contributed by atoms with Gasteiger partial charge in [0.05, 0.1) is 14.1 Å². The molecule has 0 aromatic carbocycles. The standard InChI is InChI=1S/C16H34N2O/c1-5-6-7-8-9-10-11-12-13-14-15-18(3,4)17-16(2)19/h5-15H2,1-4H3. The van der Waals surface area contributed by atoms with Crippen molar-refractivity contribution in [3.05, 3.63) is 0 Å². The molecule has 3 heteroatoms. The Balaban J connectivity index is 3.34. The van der Waals surface area contributed by atoms with Gasteiger partial charge < -0.3 is 5.11 Å². The number of hydrogen-bond donors (Lipinski definition) is 0. The maximum absolute atomic E-state index is 11.0. The Hall–Kier alpha value is -0.570. The van der Waals surface area contributed by atoms with Gasteiger partial charge in [0, 0.05) is 5.90 Å². The highest BCUT2D eigenvalue weighted by molar-refractivity contribution is 5.67. The smallest absolute Gasteiger partial charge is 0.103 e. The highest BCUT2D eigenvalue weighted by Crippen LogP contribution is 2.11. The third-order valence-electron chi connectivity index (χ3n) is 3.47. The van der Waals surface area contributed by atoms with Gasteiger partial charge in [-0.1, -0.05) is 58.3 Å². The van der Waals surface area contributed by atoms with E-state index in [9.17, 15) is 5.11 Å². The fraction of sp³-hybridized carbons (Fsp3) is 0.938. The van der Waals surface area contributed by atoms with Crippen LogP contribution in [0.3, 0.4) is 0 Å². The van der Waals surface area contributed by atoms with E-state index in [0.29, 0.717) is 4.59 Å². The van der Waals surface area contributed by atoms with Gasteiger partial charge in [-0.05, 0) is 19.8 Å². The first-order valence-electron chi connectivity index (χ1n) is 8.05. The molecule has 0 heterocycles. The lowest BCUT2D eigenvalue weighted by Crippen LogP contribution is -2.37. The van der Waals surface area contributed by atoms with Gasteiger partial charge in [0.25, 0.3) is 0 Å². The lowest BCUT2D eigenvalue weighted by Gasteiger charge is -2.24. The molecule has 0 spiro atoms. The predicted molar refractivity (Wildman–Crippen MR) is 81.9 cm³/mol. The summed E-state index contributed by atoms with van der Waals surface area (Å²) in [6, 6.07) is 0. The summed E-state index contributed by atoms with van der Waals surface area (Å²) < 4.78 is 0.479. The molecule has 0 aliphatic carbocycles. The van der Waals surface area contributed by atoms with Gasteiger partial charge >= 0.3 is 0 Å². The summed E-state index contributed by atoms with van der Waals surface area (Å²) in [6.07, 6.45) is 13.5. The van der Waals surface area contributed by atoms with Crippen molar-refractivity contribution in [3.63, 3.8) is 0 Å². The zero-order chi connectivity index (χ0) is 14.6. The van der Waals surface area contributed by atoms with E-state index in [1.54, 1.807) is 0 Å². The van der Waals surface area contributed by atoms with E-state index in [0.717, 1.165) is 6.54 Å². The second-order valence-corrected chi connectivity index (χ2v) is 6.15. The average Bonchev–Trinajstić information content (AvgIpc) is 2.30. The van der Waals surface area contributed by atoms with Crippen molar-refractivity contribution in [1.82, 2.24) is 0 Å². The second-order valence-electron chi connectivity index (χ2n) is 6.15. The Morgan fingerprint density at radius 3 is 1.68 bits per heavy atom. The minimum absolute atomic E-state index is 0.0721. The van der Waals surface area contributed by atoms with Crippen LogP contribution in [0.1, 0.15) is 78.1 Å². The summed E-state index contributed by atoms with van der Waals surface area (Å²) in [5.74, 6) is -0.0721. The molecular weight excluding hydrogens is 236 g/mol. The van der Waals surface area contributed by atoms with Crippen molar-refractivity contribution < 1.29 is 9.70 Å². The van der Waals surface area contributed by atoms with Crippen LogP contribution in [0.2, 0.25) is 0 Å². The van der Waals surface area contributed by atoms with E-state index in [2.05, 4.69) is 12.0 Å². The first kappa shape index (κ1) is 18.4. The summed E-state index contributed by atoms with van der Waals surface area (Å²) in [5.41, 5.74) is 0. The third kappa shape index (κ3) is 13.7. The topological polar surface area (TPSA) is 35.4 Å². The minimum atomic E-state index is -0.0721. The van der Waals surface area contributed by atoms with E-state index < -0.39 is 0 Å². The van der Waals surface area contributed by atoms with Crippen LogP contribution in [0.4, 0.5) is 0 Å². The summed E-state index contributed by atoms with van der Waals surface area (Å²) in [6.45, 7) is 4.76. The van der Waals surface area contributed by atoms with Crippen LogP contribution in [-0.4, -0.2) is 31.1 Å². The molecule has 0 bridgehead atoms. The molecule has 0 saturated carbocycles. The van der Waals surface area contributed by atoms with E-state index in [1.165, 1.54) is 71.1 Å². The van der Waals surface area contributed by atoms with Crippen LogP contribution in [0.15, 0.2) is 5.10 Å². The highest BCUT2D eigenvalue weighted by atomic mass is 16.3. The van der Waals surface area contributed by atoms with Crippen LogP contribution in [0.25, 0.3) is 0 Å². The Bertz CT molecular complexity index is 233. The normalized spacial score (nSPS) is 12.9. The summed E-state index contributed by atoms with van der Waals surface area (Å²) in [4.78, 5) is 0. The van der Waals surface area contributed by atoms with Crippen molar-refractivity contribution in [2.75, 3.05) is 20.6 Å². The van der Waals surface area contributed by atoms with E-state index in [1.807, 2.05) is 14.1 Å². The summed E-state index contributed by atoms with van der Waals surface area (Å²) in [7, 11) is 3.99. The first-order chi connectivity index (χ1) is 8.98. The molecule has 0 unspecified atom stereocenters. The molecule has 0 aromatic heterocycles. The number of rotatable bonds is 12. The molecule has 114 valence electrons. The molecule has 0 aromatic rings. The van der Waals surface area contributed by atoms with Crippen LogP contribution < -0.4 is 5.11 Å². The molecule has 0 aliphatic rings. The first-order valence-corrected chi connectivity index (χ1v) is 8.05. The Morgan fingerprint density at radius 2 is 1.26 bits per heavy atom.